The third-order valence-electron chi connectivity index (χ3n) is 8.62. The first-order chi connectivity index (χ1) is 21.6. The number of aliphatic hydroxyl groups excluding tert-OH is 1. The number of sulfonamides is 1. The number of allylic oxidation sites excluding steroid dienone is 1. The maximum Gasteiger partial charge on any atom is 0.238 e. The fourth-order valence-electron chi connectivity index (χ4n) is 6.11. The maximum absolute atomic E-state index is 13.9. The zero-order valence-corrected chi connectivity index (χ0v) is 28.0. The molecule has 1 aliphatic heterocycles. The summed E-state index contributed by atoms with van der Waals surface area (Å²) in [4.78, 5) is 13.9. The van der Waals surface area contributed by atoms with Crippen molar-refractivity contribution in [2.75, 3.05) is 26.0 Å². The highest BCUT2D eigenvalue weighted by Crippen LogP contribution is 2.42. The van der Waals surface area contributed by atoms with Crippen LogP contribution in [-0.2, 0) is 26.0 Å². The predicted octanol–water partition coefficient (Wildman–Crippen LogP) is 4.82. The number of aliphatic hydroxyl groups is 1. The number of nitrogens with one attached hydrogen (secondary N) is 2. The number of carbonyl (C=O) groups is 1. The average Bonchev–Trinajstić information content (AvgIpc) is 3.35. The van der Waals surface area contributed by atoms with Gasteiger partial charge in [0.05, 0.1) is 36.7 Å². The summed E-state index contributed by atoms with van der Waals surface area (Å²) in [5.74, 6) is 0.379. The Hall–Kier alpha value is -2.76. The topological polar surface area (TPSA) is 117 Å². The zero-order chi connectivity index (χ0) is 32.4. The van der Waals surface area contributed by atoms with E-state index in [1.807, 2.05) is 69.3 Å². The van der Waals surface area contributed by atoms with Crippen LogP contribution in [0.25, 0.3) is 0 Å². The summed E-state index contributed by atoms with van der Waals surface area (Å²) < 4.78 is 40.0. The van der Waals surface area contributed by atoms with Gasteiger partial charge in [-0.2, -0.15) is 4.31 Å². The van der Waals surface area contributed by atoms with Crippen LogP contribution in [0.2, 0.25) is 0 Å². The van der Waals surface area contributed by atoms with E-state index in [1.165, 1.54) is 11.4 Å². The van der Waals surface area contributed by atoms with Crippen molar-refractivity contribution in [1.82, 2.24) is 14.9 Å². The van der Waals surface area contributed by atoms with Gasteiger partial charge in [0.15, 0.2) is 0 Å². The Morgan fingerprint density at radius 3 is 2.60 bits per heavy atom. The van der Waals surface area contributed by atoms with Gasteiger partial charge >= 0.3 is 0 Å². The van der Waals surface area contributed by atoms with Gasteiger partial charge in [0.2, 0.25) is 15.9 Å². The number of nitrogens with zero attached hydrogens (tertiary/aromatic N) is 1. The second-order valence-corrected chi connectivity index (χ2v) is 14.6. The largest absolute Gasteiger partial charge is 0.491 e. The number of hydrogen-bond acceptors (Lipinski definition) is 7. The summed E-state index contributed by atoms with van der Waals surface area (Å²) in [6, 6.07) is 14.2. The van der Waals surface area contributed by atoms with E-state index in [0.717, 1.165) is 35.3 Å². The lowest BCUT2D eigenvalue weighted by Crippen LogP contribution is -2.55. The Bertz CT molecular complexity index is 1370. The Morgan fingerprint density at radius 2 is 1.87 bits per heavy atom. The molecule has 0 unspecified atom stereocenters. The lowest BCUT2D eigenvalue weighted by Gasteiger charge is -2.31. The van der Waals surface area contributed by atoms with Crippen molar-refractivity contribution in [2.24, 2.45) is 0 Å². The molecule has 0 spiro atoms. The maximum atomic E-state index is 13.9. The van der Waals surface area contributed by atoms with E-state index < -0.39 is 34.1 Å². The SMILES string of the molecule is CCCCCS(=O)(=O)N(C)[C@H]1CC/C=C/CO[C@H]2C[C@@H](NC[C@@H](O)[C@H](Cc3ccccc3)NC1=O)c1cc(OC(C)C)ccc12. The van der Waals surface area contributed by atoms with Crippen LogP contribution in [0.4, 0.5) is 0 Å². The smallest absolute Gasteiger partial charge is 0.238 e. The first-order valence-electron chi connectivity index (χ1n) is 16.4. The van der Waals surface area contributed by atoms with E-state index in [4.69, 9.17) is 9.47 Å². The molecule has 248 valence electrons. The molecule has 0 saturated carbocycles. The molecule has 2 aliphatic rings. The van der Waals surface area contributed by atoms with Gasteiger partial charge in [-0.15, -0.1) is 0 Å². The van der Waals surface area contributed by atoms with Crippen molar-refractivity contribution >= 4 is 15.9 Å². The number of amides is 1. The summed E-state index contributed by atoms with van der Waals surface area (Å²) >= 11 is 0. The summed E-state index contributed by atoms with van der Waals surface area (Å²) in [5, 5.41) is 18.2. The monoisotopic (exact) mass is 641 g/mol. The van der Waals surface area contributed by atoms with Gasteiger partial charge in [-0.25, -0.2) is 8.42 Å². The fraction of sp³-hybridized carbons (Fsp3) is 0.571. The number of unbranched alkanes of at least 4 members (excludes halogenated alkanes) is 2. The number of hydrogen-bond donors (Lipinski definition) is 3. The van der Waals surface area contributed by atoms with E-state index >= 15 is 0 Å². The summed E-state index contributed by atoms with van der Waals surface area (Å²) in [6.07, 6.45) is 7.06. The molecule has 1 amide bonds. The number of β-amino-alcohol motifs (C(OH)–C–C–N with tert-alkyl or cyclic N) is 1. The molecule has 5 atom stereocenters. The van der Waals surface area contributed by atoms with E-state index in [2.05, 4.69) is 22.8 Å². The molecule has 0 aromatic heterocycles. The van der Waals surface area contributed by atoms with Crippen molar-refractivity contribution < 1.29 is 27.8 Å². The number of fused-ring (bicyclic) bond motifs is 5. The molecule has 9 nitrogen and oxygen atoms in total. The van der Waals surface area contributed by atoms with Gasteiger partial charge in [-0.1, -0.05) is 68.3 Å². The zero-order valence-electron chi connectivity index (χ0n) is 27.2. The number of rotatable bonds is 10. The van der Waals surface area contributed by atoms with Gasteiger partial charge in [-0.05, 0) is 74.8 Å². The van der Waals surface area contributed by atoms with Crippen LogP contribution in [-0.4, -0.2) is 74.0 Å². The third kappa shape index (κ3) is 9.86. The Labute approximate surface area is 269 Å². The molecule has 45 heavy (non-hydrogen) atoms. The number of ether oxygens (including phenoxy) is 2. The molecule has 0 radical (unpaired) electrons. The molecular formula is C35H51N3O6S. The van der Waals surface area contributed by atoms with Crippen LogP contribution < -0.4 is 15.4 Å². The molecule has 1 heterocycles. The molecule has 4 rings (SSSR count). The van der Waals surface area contributed by atoms with Gasteiger partial charge in [0, 0.05) is 19.6 Å². The summed E-state index contributed by atoms with van der Waals surface area (Å²) in [6.45, 7) is 6.63. The standard InChI is InChI=1S/C35H51N3O6S/c1-5-6-13-20-45(41,42)38(4)32-16-11-8-12-19-43-34-23-30(29-22-27(44-25(2)3)17-18-28(29)34)36-24-33(39)31(37-35(32)40)21-26-14-9-7-10-15-26/h7-10,12,14-15,17-18,22,25,30-34,36,39H,5-6,11,13,16,19-21,23-24H2,1-4H3,(H,37,40)/b12-8+/t30-,31+,32+,33-,34+/m1/s1. The molecule has 0 saturated heterocycles. The molecule has 1 aliphatic carbocycles. The average molecular weight is 642 g/mol. The third-order valence-corrected chi connectivity index (χ3v) is 10.6. The Balaban J connectivity index is 1.61. The van der Waals surface area contributed by atoms with Crippen molar-refractivity contribution in [3.8, 4) is 5.75 Å². The minimum atomic E-state index is -3.65. The first kappa shape index (κ1) is 35.1. The minimum Gasteiger partial charge on any atom is -0.491 e. The second-order valence-electron chi connectivity index (χ2n) is 12.5. The molecule has 2 aromatic rings. The van der Waals surface area contributed by atoms with Crippen molar-refractivity contribution in [2.45, 2.75) is 102 Å². The predicted molar refractivity (Wildman–Crippen MR) is 178 cm³/mol. The number of carbonyl (C=O) groups excluding carboxylic acids is 1. The molecule has 10 heteroatoms. The van der Waals surface area contributed by atoms with Crippen LogP contribution in [0.1, 0.15) is 88.1 Å². The molecule has 0 fully saturated rings. The van der Waals surface area contributed by atoms with Crippen LogP contribution in [0.15, 0.2) is 60.7 Å². The summed E-state index contributed by atoms with van der Waals surface area (Å²) in [5.41, 5.74) is 3.14. The van der Waals surface area contributed by atoms with Crippen LogP contribution in [0.5, 0.6) is 5.75 Å². The highest BCUT2D eigenvalue weighted by atomic mass is 32.2. The van der Waals surface area contributed by atoms with Crippen molar-refractivity contribution in [3.63, 3.8) is 0 Å². The fourth-order valence-corrected chi connectivity index (χ4v) is 7.56. The number of benzene rings is 2. The minimum absolute atomic E-state index is 0.00194. The van der Waals surface area contributed by atoms with Crippen molar-refractivity contribution in [3.05, 3.63) is 77.4 Å². The van der Waals surface area contributed by atoms with Crippen LogP contribution in [0, 0.1) is 0 Å². The van der Waals surface area contributed by atoms with E-state index in [0.29, 0.717) is 38.7 Å². The van der Waals surface area contributed by atoms with Crippen molar-refractivity contribution in [1.29, 1.82) is 0 Å². The Morgan fingerprint density at radius 1 is 1.09 bits per heavy atom. The molecule has 2 bridgehead atoms. The Kier molecular flexibility index (Phi) is 13.0. The lowest BCUT2D eigenvalue weighted by atomic mass is 9.99. The van der Waals surface area contributed by atoms with Crippen LogP contribution in [0.3, 0.4) is 0 Å². The first-order valence-corrected chi connectivity index (χ1v) is 18.0. The summed E-state index contributed by atoms with van der Waals surface area (Å²) in [7, 11) is -2.16. The van der Waals surface area contributed by atoms with Gasteiger partial charge in [0.25, 0.3) is 0 Å². The van der Waals surface area contributed by atoms with E-state index in [-0.39, 0.29) is 30.5 Å². The normalized spacial score (nSPS) is 25.6. The van der Waals surface area contributed by atoms with E-state index in [1.54, 1.807) is 0 Å². The molecular weight excluding hydrogens is 590 g/mol. The highest BCUT2D eigenvalue weighted by Gasteiger charge is 2.35. The molecule has 2 aromatic carbocycles. The lowest BCUT2D eigenvalue weighted by molar-refractivity contribution is -0.126. The van der Waals surface area contributed by atoms with Gasteiger partial charge in [-0.3, -0.25) is 4.79 Å². The second kappa shape index (κ2) is 16.7. The number of likely N-dealkylation sites (N-methyl/N-ethyl adjacent to an activating group) is 1. The van der Waals surface area contributed by atoms with Gasteiger partial charge in [0.1, 0.15) is 11.8 Å². The molecule has 3 N–H and O–H groups in total. The van der Waals surface area contributed by atoms with Crippen LogP contribution >= 0.6 is 0 Å². The quantitative estimate of drug-likeness (QED) is 0.252. The van der Waals surface area contributed by atoms with Gasteiger partial charge < -0.3 is 25.2 Å². The highest BCUT2D eigenvalue weighted by molar-refractivity contribution is 7.89. The van der Waals surface area contributed by atoms with E-state index in [9.17, 15) is 18.3 Å².